The zero-order valence-electron chi connectivity index (χ0n) is 12.3. The van der Waals surface area contributed by atoms with Gasteiger partial charge in [-0.3, -0.25) is 4.57 Å². The van der Waals surface area contributed by atoms with Crippen molar-refractivity contribution in [2.75, 3.05) is 0 Å². The van der Waals surface area contributed by atoms with Crippen LogP contribution in [0.15, 0.2) is 45.1 Å². The summed E-state index contributed by atoms with van der Waals surface area (Å²) in [5.74, 6) is 2.52. The number of allylic oxidation sites excluding steroid dienone is 1. The van der Waals surface area contributed by atoms with Crippen LogP contribution in [0.5, 0.6) is 0 Å². The normalized spacial score (nSPS) is 12.5. The summed E-state index contributed by atoms with van der Waals surface area (Å²) >= 11 is 1.50. The Bertz CT molecular complexity index is 762. The molecule has 3 rings (SSSR count). The van der Waals surface area contributed by atoms with E-state index in [0.717, 1.165) is 5.16 Å². The Hall–Kier alpha value is -2.35. The summed E-state index contributed by atoms with van der Waals surface area (Å²) < 4.78 is 12.5. The van der Waals surface area contributed by atoms with E-state index in [1.165, 1.54) is 11.8 Å². The lowest BCUT2D eigenvalue weighted by Crippen LogP contribution is -2.01. The molecular weight excluding hydrogens is 302 g/mol. The summed E-state index contributed by atoms with van der Waals surface area (Å²) in [6.45, 7) is 8.14. The predicted octanol–water partition coefficient (Wildman–Crippen LogP) is 3.27. The number of aromatic nitrogens is 5. The fourth-order valence-electron chi connectivity index (χ4n) is 1.94. The third-order valence-electron chi connectivity index (χ3n) is 2.94. The van der Waals surface area contributed by atoms with Crippen LogP contribution in [0, 0.1) is 6.92 Å². The smallest absolute Gasteiger partial charge is 0.239 e. The van der Waals surface area contributed by atoms with Crippen LogP contribution < -0.4 is 0 Å². The molecule has 0 aromatic carbocycles. The van der Waals surface area contributed by atoms with Gasteiger partial charge in [0.25, 0.3) is 0 Å². The van der Waals surface area contributed by atoms with Gasteiger partial charge >= 0.3 is 0 Å². The molecule has 0 bridgehead atoms. The van der Waals surface area contributed by atoms with Gasteiger partial charge in [-0.25, -0.2) is 0 Å². The highest BCUT2D eigenvalue weighted by molar-refractivity contribution is 7.99. The Kier molecular flexibility index (Phi) is 4.10. The fraction of sp³-hybridized carbons (Fsp3) is 0.286. The van der Waals surface area contributed by atoms with Crippen LogP contribution >= 0.6 is 11.8 Å². The third-order valence-corrected chi connectivity index (χ3v) is 4.01. The molecule has 1 unspecified atom stereocenters. The molecule has 1 atom stereocenters. The topological polar surface area (TPSA) is 82.8 Å². The van der Waals surface area contributed by atoms with Crippen LogP contribution in [0.1, 0.15) is 23.9 Å². The van der Waals surface area contributed by atoms with Crippen molar-refractivity contribution in [2.45, 2.75) is 30.8 Å². The molecule has 3 heterocycles. The van der Waals surface area contributed by atoms with Gasteiger partial charge in [-0.15, -0.1) is 16.8 Å². The third kappa shape index (κ3) is 2.82. The SMILES string of the molecule is C=CCn1c(SC(C)c2nc(C)no2)nnc1-c1ccco1. The van der Waals surface area contributed by atoms with E-state index in [0.29, 0.717) is 29.8 Å². The van der Waals surface area contributed by atoms with E-state index in [2.05, 4.69) is 26.9 Å². The Morgan fingerprint density at radius 1 is 1.45 bits per heavy atom. The first-order chi connectivity index (χ1) is 10.7. The van der Waals surface area contributed by atoms with Crippen LogP contribution in [0.3, 0.4) is 0 Å². The molecule has 0 radical (unpaired) electrons. The van der Waals surface area contributed by atoms with E-state index in [-0.39, 0.29) is 5.25 Å². The summed E-state index contributed by atoms with van der Waals surface area (Å²) in [6.07, 6.45) is 3.40. The second kappa shape index (κ2) is 6.18. The lowest BCUT2D eigenvalue weighted by molar-refractivity contribution is 0.376. The van der Waals surface area contributed by atoms with Crippen molar-refractivity contribution < 1.29 is 8.94 Å². The van der Waals surface area contributed by atoms with Gasteiger partial charge in [0, 0.05) is 6.54 Å². The summed E-state index contributed by atoms with van der Waals surface area (Å²) in [6, 6.07) is 3.67. The minimum Gasteiger partial charge on any atom is -0.461 e. The molecule has 0 saturated carbocycles. The van der Waals surface area contributed by atoms with E-state index >= 15 is 0 Å². The minimum absolute atomic E-state index is 0.0292. The van der Waals surface area contributed by atoms with Crippen LogP contribution in [0.25, 0.3) is 11.6 Å². The summed E-state index contributed by atoms with van der Waals surface area (Å²) in [5.41, 5.74) is 0. The first-order valence-electron chi connectivity index (χ1n) is 6.74. The van der Waals surface area contributed by atoms with Gasteiger partial charge in [0.1, 0.15) is 0 Å². The summed E-state index contributed by atoms with van der Waals surface area (Å²) in [5, 5.41) is 13.0. The van der Waals surface area contributed by atoms with Crippen LogP contribution in [-0.4, -0.2) is 24.9 Å². The summed E-state index contributed by atoms with van der Waals surface area (Å²) in [7, 11) is 0. The van der Waals surface area contributed by atoms with Gasteiger partial charge in [-0.1, -0.05) is 23.0 Å². The molecule has 0 aliphatic heterocycles. The highest BCUT2D eigenvalue weighted by Gasteiger charge is 2.21. The number of aryl methyl sites for hydroxylation is 1. The van der Waals surface area contributed by atoms with E-state index < -0.39 is 0 Å². The molecule has 3 aromatic heterocycles. The Morgan fingerprint density at radius 2 is 2.32 bits per heavy atom. The molecule has 0 spiro atoms. The van der Waals surface area contributed by atoms with Crippen molar-refractivity contribution in [3.8, 4) is 11.6 Å². The van der Waals surface area contributed by atoms with Crippen molar-refractivity contribution in [1.82, 2.24) is 24.9 Å². The van der Waals surface area contributed by atoms with E-state index in [4.69, 9.17) is 8.94 Å². The monoisotopic (exact) mass is 317 g/mol. The average molecular weight is 317 g/mol. The molecule has 0 amide bonds. The molecule has 3 aromatic rings. The van der Waals surface area contributed by atoms with Crippen LogP contribution in [0.2, 0.25) is 0 Å². The zero-order valence-corrected chi connectivity index (χ0v) is 13.1. The maximum Gasteiger partial charge on any atom is 0.239 e. The van der Waals surface area contributed by atoms with Gasteiger partial charge in [0.15, 0.2) is 16.7 Å². The van der Waals surface area contributed by atoms with Crippen molar-refractivity contribution >= 4 is 11.8 Å². The predicted molar refractivity (Wildman–Crippen MR) is 81.2 cm³/mol. The number of hydrogen-bond acceptors (Lipinski definition) is 7. The Morgan fingerprint density at radius 3 is 2.95 bits per heavy atom. The lowest BCUT2D eigenvalue weighted by atomic mass is 10.4. The van der Waals surface area contributed by atoms with Gasteiger partial charge in [0.2, 0.25) is 11.7 Å². The molecule has 0 saturated heterocycles. The molecule has 0 fully saturated rings. The molecule has 114 valence electrons. The molecule has 22 heavy (non-hydrogen) atoms. The lowest BCUT2D eigenvalue weighted by Gasteiger charge is -2.08. The number of nitrogens with zero attached hydrogens (tertiary/aromatic N) is 5. The van der Waals surface area contributed by atoms with E-state index in [9.17, 15) is 0 Å². The first-order valence-corrected chi connectivity index (χ1v) is 7.62. The highest BCUT2D eigenvalue weighted by Crippen LogP contribution is 2.34. The number of furan rings is 1. The summed E-state index contributed by atoms with van der Waals surface area (Å²) in [4.78, 5) is 4.24. The quantitative estimate of drug-likeness (QED) is 0.509. The average Bonchev–Trinajstić information content (AvgIpc) is 3.21. The van der Waals surface area contributed by atoms with Crippen molar-refractivity contribution in [3.63, 3.8) is 0 Å². The second-order valence-electron chi connectivity index (χ2n) is 4.62. The minimum atomic E-state index is -0.0292. The van der Waals surface area contributed by atoms with Crippen molar-refractivity contribution in [3.05, 3.63) is 42.8 Å². The van der Waals surface area contributed by atoms with Crippen molar-refractivity contribution in [1.29, 1.82) is 0 Å². The highest BCUT2D eigenvalue weighted by atomic mass is 32.2. The standard InChI is InChI=1S/C14H15N5O2S/c1-4-7-19-12(11-6-5-8-20-11)16-17-14(19)22-9(2)13-15-10(3)18-21-13/h4-6,8-9H,1,7H2,2-3H3. The molecule has 7 nitrogen and oxygen atoms in total. The number of thioether (sulfide) groups is 1. The molecule has 0 aliphatic carbocycles. The van der Waals surface area contributed by atoms with E-state index in [1.54, 1.807) is 19.3 Å². The molecule has 8 heteroatoms. The van der Waals surface area contributed by atoms with Crippen LogP contribution in [0.4, 0.5) is 0 Å². The van der Waals surface area contributed by atoms with Gasteiger partial charge in [0.05, 0.1) is 11.5 Å². The van der Waals surface area contributed by atoms with Crippen LogP contribution in [-0.2, 0) is 6.54 Å². The maximum atomic E-state index is 5.41. The number of rotatable bonds is 6. The second-order valence-corrected chi connectivity index (χ2v) is 5.93. The Balaban J connectivity index is 1.88. The van der Waals surface area contributed by atoms with E-state index in [1.807, 2.05) is 23.6 Å². The van der Waals surface area contributed by atoms with Gasteiger partial charge in [-0.05, 0) is 26.0 Å². The zero-order chi connectivity index (χ0) is 15.5. The number of hydrogen-bond donors (Lipinski definition) is 0. The van der Waals surface area contributed by atoms with Gasteiger partial charge < -0.3 is 8.94 Å². The fourth-order valence-corrected chi connectivity index (χ4v) is 2.83. The van der Waals surface area contributed by atoms with Gasteiger partial charge in [-0.2, -0.15) is 4.98 Å². The molecule has 0 N–H and O–H groups in total. The largest absolute Gasteiger partial charge is 0.461 e. The Labute approximate surface area is 131 Å². The molecule has 0 aliphatic rings. The first kappa shape index (κ1) is 14.6. The maximum absolute atomic E-state index is 5.41. The van der Waals surface area contributed by atoms with Crippen molar-refractivity contribution in [2.24, 2.45) is 0 Å². The molecular formula is C14H15N5O2S.